The lowest BCUT2D eigenvalue weighted by molar-refractivity contribution is -0.164. The van der Waals surface area contributed by atoms with E-state index in [-0.39, 0.29) is 11.8 Å². The first-order chi connectivity index (χ1) is 13.1. The molecule has 0 radical (unpaired) electrons. The first-order valence-electron chi connectivity index (χ1n) is 7.79. The lowest BCUT2D eigenvalue weighted by Crippen LogP contribution is -2.18. The predicted molar refractivity (Wildman–Crippen MR) is 87.3 cm³/mol. The molecule has 28 heavy (non-hydrogen) atoms. The Kier molecular flexibility index (Phi) is 5.17. The number of para-hydroxylation sites is 1. The summed E-state index contributed by atoms with van der Waals surface area (Å²) in [4.78, 5) is 3.00. The molecule has 0 fully saturated rings. The van der Waals surface area contributed by atoms with Crippen LogP contribution in [0.1, 0.15) is 11.3 Å². The Morgan fingerprint density at radius 3 is 1.64 bits per heavy atom. The third-order valence-electron chi connectivity index (χ3n) is 3.47. The van der Waals surface area contributed by atoms with E-state index in [2.05, 4.69) is 4.98 Å². The fourth-order valence-corrected chi connectivity index (χ4v) is 2.26. The summed E-state index contributed by atoms with van der Waals surface area (Å²) in [7, 11) is 0. The molecule has 0 spiro atoms. The molecule has 0 unspecified atom stereocenters. The normalized spacial score (nSPS) is 11.9. The van der Waals surface area contributed by atoms with Crippen LogP contribution >= 0.6 is 0 Å². The zero-order valence-corrected chi connectivity index (χ0v) is 13.9. The van der Waals surface area contributed by atoms with Crippen LogP contribution in [-0.2, 0) is 12.4 Å². The zero-order valence-electron chi connectivity index (χ0n) is 13.9. The van der Waals surface area contributed by atoms with Crippen LogP contribution in [0.2, 0.25) is 0 Å². The van der Waals surface area contributed by atoms with Crippen molar-refractivity contribution >= 4 is 0 Å². The number of halogens is 6. The van der Waals surface area contributed by atoms with Gasteiger partial charge < -0.3 is 9.47 Å². The average molecular weight is 399 g/mol. The van der Waals surface area contributed by atoms with Crippen molar-refractivity contribution in [1.29, 1.82) is 0 Å². The van der Waals surface area contributed by atoms with Crippen LogP contribution in [0.5, 0.6) is 23.1 Å². The SMILES string of the molecule is FC(F)(F)c1ccc(Oc2ccc(Oc3ccccc3)cc2)nc1C(F)(F)F. The topological polar surface area (TPSA) is 31.4 Å². The second kappa shape index (κ2) is 7.41. The van der Waals surface area contributed by atoms with E-state index in [0.29, 0.717) is 11.5 Å². The van der Waals surface area contributed by atoms with Gasteiger partial charge in [0.05, 0.1) is 5.56 Å². The van der Waals surface area contributed by atoms with Crippen molar-refractivity contribution in [2.45, 2.75) is 12.4 Å². The molecule has 0 saturated heterocycles. The van der Waals surface area contributed by atoms with Gasteiger partial charge in [-0.2, -0.15) is 26.3 Å². The molecule has 0 atom stereocenters. The summed E-state index contributed by atoms with van der Waals surface area (Å²) in [5.41, 5.74) is -3.93. The summed E-state index contributed by atoms with van der Waals surface area (Å²) in [5, 5.41) is 0. The highest BCUT2D eigenvalue weighted by Gasteiger charge is 2.44. The molecule has 0 bridgehead atoms. The van der Waals surface area contributed by atoms with E-state index in [9.17, 15) is 26.3 Å². The monoisotopic (exact) mass is 399 g/mol. The Morgan fingerprint density at radius 1 is 0.571 bits per heavy atom. The van der Waals surface area contributed by atoms with E-state index in [1.807, 2.05) is 6.07 Å². The Bertz CT molecular complexity index is 937. The molecule has 1 heterocycles. The van der Waals surface area contributed by atoms with Crippen molar-refractivity contribution in [2.24, 2.45) is 0 Å². The predicted octanol–water partition coefficient (Wildman–Crippen LogP) is 6.70. The summed E-state index contributed by atoms with van der Waals surface area (Å²) < 4.78 is 87.8. The van der Waals surface area contributed by atoms with Crippen molar-refractivity contribution in [2.75, 3.05) is 0 Å². The molecule has 9 heteroatoms. The molecule has 0 aliphatic heterocycles. The van der Waals surface area contributed by atoms with Gasteiger partial charge in [-0.05, 0) is 42.5 Å². The summed E-state index contributed by atoms with van der Waals surface area (Å²) in [6.45, 7) is 0. The van der Waals surface area contributed by atoms with E-state index >= 15 is 0 Å². The minimum Gasteiger partial charge on any atom is -0.457 e. The summed E-state index contributed by atoms with van der Waals surface area (Å²) in [6.07, 6.45) is -10.5. The molecule has 3 aromatic rings. The van der Waals surface area contributed by atoms with Gasteiger partial charge in [0.15, 0.2) is 5.69 Å². The Labute approximate surface area is 155 Å². The number of hydrogen-bond acceptors (Lipinski definition) is 3. The quantitative estimate of drug-likeness (QED) is 0.457. The maximum Gasteiger partial charge on any atom is 0.434 e. The number of benzene rings is 2. The molecular weight excluding hydrogens is 388 g/mol. The van der Waals surface area contributed by atoms with Crippen molar-refractivity contribution in [3.05, 3.63) is 78.0 Å². The molecule has 0 saturated carbocycles. The number of nitrogens with zero attached hydrogens (tertiary/aromatic N) is 1. The Morgan fingerprint density at radius 2 is 1.11 bits per heavy atom. The Balaban J connectivity index is 1.80. The third kappa shape index (κ3) is 4.73. The van der Waals surface area contributed by atoms with E-state index in [4.69, 9.17) is 9.47 Å². The number of ether oxygens (including phenoxy) is 2. The van der Waals surface area contributed by atoms with E-state index < -0.39 is 29.5 Å². The van der Waals surface area contributed by atoms with Crippen LogP contribution in [0.15, 0.2) is 66.7 Å². The summed E-state index contributed by atoms with van der Waals surface area (Å²) in [5.74, 6) is 0.489. The summed E-state index contributed by atoms with van der Waals surface area (Å²) >= 11 is 0. The molecule has 0 aliphatic rings. The van der Waals surface area contributed by atoms with Gasteiger partial charge in [0, 0.05) is 6.07 Å². The highest BCUT2D eigenvalue weighted by atomic mass is 19.4. The van der Waals surface area contributed by atoms with Gasteiger partial charge in [0.1, 0.15) is 17.2 Å². The standard InChI is InChI=1S/C19H11F6NO2/c20-18(21,22)15-10-11-16(26-17(15)19(23,24)25)28-14-8-6-13(7-9-14)27-12-4-2-1-3-5-12/h1-11H. The highest BCUT2D eigenvalue weighted by Crippen LogP contribution is 2.40. The number of aromatic nitrogens is 1. The number of hydrogen-bond donors (Lipinski definition) is 0. The molecule has 2 aromatic carbocycles. The van der Waals surface area contributed by atoms with Crippen molar-refractivity contribution in [1.82, 2.24) is 4.98 Å². The first kappa shape index (κ1) is 19.5. The fraction of sp³-hybridized carbons (Fsp3) is 0.105. The van der Waals surface area contributed by atoms with Crippen LogP contribution in [-0.4, -0.2) is 4.98 Å². The van der Waals surface area contributed by atoms with Gasteiger partial charge in [0.2, 0.25) is 5.88 Å². The third-order valence-corrected chi connectivity index (χ3v) is 3.47. The first-order valence-corrected chi connectivity index (χ1v) is 7.79. The molecule has 3 rings (SSSR count). The second-order valence-corrected chi connectivity index (χ2v) is 5.53. The molecule has 1 aromatic heterocycles. The zero-order chi connectivity index (χ0) is 20.4. The number of pyridine rings is 1. The molecule has 0 aliphatic carbocycles. The fourth-order valence-electron chi connectivity index (χ4n) is 2.26. The summed E-state index contributed by atoms with van der Waals surface area (Å²) in [6, 6.07) is 15.6. The molecule has 0 N–H and O–H groups in total. The smallest absolute Gasteiger partial charge is 0.434 e. The lowest BCUT2D eigenvalue weighted by atomic mass is 10.2. The molecule has 0 amide bonds. The largest absolute Gasteiger partial charge is 0.457 e. The van der Waals surface area contributed by atoms with Gasteiger partial charge in [0.25, 0.3) is 0 Å². The number of alkyl halides is 6. The van der Waals surface area contributed by atoms with Gasteiger partial charge in [-0.1, -0.05) is 18.2 Å². The van der Waals surface area contributed by atoms with Crippen LogP contribution in [0.3, 0.4) is 0 Å². The lowest BCUT2D eigenvalue weighted by Gasteiger charge is -2.15. The van der Waals surface area contributed by atoms with E-state index in [1.54, 1.807) is 24.3 Å². The van der Waals surface area contributed by atoms with Crippen molar-refractivity contribution in [3.8, 4) is 23.1 Å². The molecule has 3 nitrogen and oxygen atoms in total. The van der Waals surface area contributed by atoms with Crippen LogP contribution in [0, 0.1) is 0 Å². The van der Waals surface area contributed by atoms with E-state index in [1.165, 1.54) is 24.3 Å². The van der Waals surface area contributed by atoms with Gasteiger partial charge in [-0.3, -0.25) is 0 Å². The second-order valence-electron chi connectivity index (χ2n) is 5.53. The highest BCUT2D eigenvalue weighted by molar-refractivity contribution is 5.38. The van der Waals surface area contributed by atoms with Crippen LogP contribution < -0.4 is 9.47 Å². The minimum atomic E-state index is -5.28. The maximum absolute atomic E-state index is 12.9. The average Bonchev–Trinajstić information content (AvgIpc) is 2.63. The molecule has 146 valence electrons. The van der Waals surface area contributed by atoms with Crippen LogP contribution in [0.4, 0.5) is 26.3 Å². The van der Waals surface area contributed by atoms with Crippen molar-refractivity contribution < 1.29 is 35.8 Å². The Hall–Kier alpha value is -3.23. The minimum absolute atomic E-state index is 0.0841. The maximum atomic E-state index is 12.9. The van der Waals surface area contributed by atoms with Gasteiger partial charge in [-0.15, -0.1) is 0 Å². The van der Waals surface area contributed by atoms with Crippen molar-refractivity contribution in [3.63, 3.8) is 0 Å². The molecular formula is C19H11F6NO2. The number of rotatable bonds is 4. The van der Waals surface area contributed by atoms with Gasteiger partial charge >= 0.3 is 12.4 Å². The van der Waals surface area contributed by atoms with Crippen LogP contribution in [0.25, 0.3) is 0 Å². The van der Waals surface area contributed by atoms with Gasteiger partial charge in [-0.25, -0.2) is 4.98 Å². The van der Waals surface area contributed by atoms with E-state index in [0.717, 1.165) is 6.07 Å².